The van der Waals surface area contributed by atoms with E-state index in [-0.39, 0.29) is 81.7 Å². The first-order valence-corrected chi connectivity index (χ1v) is 28.2. The second-order valence-electron chi connectivity index (χ2n) is 21.8. The molecule has 1 heterocycles. The Kier molecular flexibility index (Phi) is 31.1. The fraction of sp³-hybridized carbons (Fsp3) is 0.673. The van der Waals surface area contributed by atoms with Gasteiger partial charge >= 0.3 is 5.97 Å². The molecule has 0 saturated carbocycles. The quantitative estimate of drug-likeness (QED) is 0.0220. The van der Waals surface area contributed by atoms with Crippen LogP contribution in [0, 0.1) is 17.8 Å². The van der Waals surface area contributed by atoms with E-state index in [1.807, 2.05) is 13.8 Å². The molecular weight excluding hydrogens is 1050 g/mol. The van der Waals surface area contributed by atoms with Crippen molar-refractivity contribution in [3.05, 3.63) is 35.9 Å². The van der Waals surface area contributed by atoms with Crippen LogP contribution in [-0.4, -0.2) is 155 Å². The van der Waals surface area contributed by atoms with Crippen molar-refractivity contribution in [2.24, 2.45) is 45.7 Å². The maximum absolute atomic E-state index is 14.5. The van der Waals surface area contributed by atoms with Crippen LogP contribution >= 0.6 is 0 Å². The molecule has 1 aliphatic heterocycles. The minimum atomic E-state index is -1.79. The number of nitrogens with one attached hydrogen (secondary N) is 8. The van der Waals surface area contributed by atoms with Crippen LogP contribution in [-0.2, 0) is 59.2 Å². The van der Waals surface area contributed by atoms with Gasteiger partial charge in [0.05, 0.1) is 13.0 Å². The number of primary amides is 1. The normalized spacial score (nSPS) is 16.9. The van der Waals surface area contributed by atoms with E-state index >= 15 is 0 Å². The predicted molar refractivity (Wildman–Crippen MR) is 304 cm³/mol. The number of benzene rings is 1. The minimum Gasteiger partial charge on any atom is -0.481 e. The molecule has 1 aliphatic rings. The Morgan fingerprint density at radius 1 is 0.654 bits per heavy atom. The van der Waals surface area contributed by atoms with Gasteiger partial charge in [-0.1, -0.05) is 111 Å². The average Bonchev–Trinajstić information content (AvgIpc) is 3.94. The Balaban J connectivity index is 2.30. The van der Waals surface area contributed by atoms with Crippen LogP contribution in [0.15, 0.2) is 35.3 Å². The van der Waals surface area contributed by atoms with Crippen molar-refractivity contribution in [1.29, 1.82) is 0 Å². The van der Waals surface area contributed by atoms with E-state index in [4.69, 9.17) is 22.9 Å². The summed E-state index contributed by atoms with van der Waals surface area (Å²) in [7, 11) is 0. The van der Waals surface area contributed by atoms with Gasteiger partial charge in [0.25, 0.3) is 0 Å². The average molecular weight is 1140 g/mol. The van der Waals surface area contributed by atoms with Gasteiger partial charge in [0, 0.05) is 32.0 Å². The number of aliphatic carboxylic acids is 1. The maximum Gasteiger partial charge on any atom is 0.305 e. The SMILES string of the molecule is CCCCCCCC(=O)N[C@@H](C)C(=O)N[C@@H](Cc1ccccc1)C(=O)NCC(=O)N[C@@H](CC(C)C)C(=O)N1C[C@H](N)C[C@H]1C(=O)N[C@@H](CC(C)C)C(=O)N[C@@H](CC(=O)O)C(=O)N[C@@H](CCCN=C(N)N)C(=O)N[C@H](C(N)=O)[C@@H](C)CC. The number of rotatable bonds is 37. The third kappa shape index (κ3) is 26.2. The zero-order valence-corrected chi connectivity index (χ0v) is 48.5. The highest BCUT2D eigenvalue weighted by atomic mass is 16.4. The summed E-state index contributed by atoms with van der Waals surface area (Å²) in [5.74, 6) is -10.1. The summed E-state index contributed by atoms with van der Waals surface area (Å²) in [5, 5.41) is 30.6. The lowest BCUT2D eigenvalue weighted by atomic mass is 9.97. The number of carboxylic acid groups (broad SMARTS) is 1. The number of hydrogen-bond donors (Lipinski definition) is 13. The van der Waals surface area contributed by atoms with E-state index in [1.165, 1.54) is 11.8 Å². The molecule has 10 atom stereocenters. The molecule has 81 heavy (non-hydrogen) atoms. The van der Waals surface area contributed by atoms with Crippen molar-refractivity contribution >= 4 is 71.0 Å². The maximum atomic E-state index is 14.5. The van der Waals surface area contributed by atoms with Gasteiger partial charge in [0.1, 0.15) is 48.3 Å². The van der Waals surface area contributed by atoms with Crippen LogP contribution < -0.4 is 65.5 Å². The van der Waals surface area contributed by atoms with Gasteiger partial charge in [-0.3, -0.25) is 57.7 Å². The largest absolute Gasteiger partial charge is 0.481 e. The number of nitrogens with two attached hydrogens (primary N) is 4. The monoisotopic (exact) mass is 1140 g/mol. The van der Waals surface area contributed by atoms with Crippen LogP contribution in [0.1, 0.15) is 144 Å². The van der Waals surface area contributed by atoms with Crippen molar-refractivity contribution in [1.82, 2.24) is 47.4 Å². The van der Waals surface area contributed by atoms with E-state index in [9.17, 15) is 57.8 Å². The number of likely N-dealkylation sites (tertiary alicyclic amines) is 1. The molecule has 17 N–H and O–H groups in total. The number of carbonyl (C=O) groups is 11. The number of carbonyl (C=O) groups excluding carboxylic acids is 10. The van der Waals surface area contributed by atoms with Crippen LogP contribution in [0.25, 0.3) is 0 Å². The molecule has 10 amide bonds. The molecule has 2 rings (SSSR count). The molecule has 0 aliphatic carbocycles. The summed E-state index contributed by atoms with van der Waals surface area (Å²) in [6.45, 7) is 13.5. The van der Waals surface area contributed by atoms with E-state index < -0.39 is 132 Å². The molecule has 0 radical (unpaired) electrons. The topological polar surface area (TPSA) is 424 Å². The van der Waals surface area contributed by atoms with Gasteiger partial charge in [-0.2, -0.15) is 0 Å². The summed E-state index contributed by atoms with van der Waals surface area (Å²) >= 11 is 0. The number of amides is 10. The molecule has 0 aromatic heterocycles. The van der Waals surface area contributed by atoms with E-state index in [0.29, 0.717) is 18.4 Å². The summed E-state index contributed by atoms with van der Waals surface area (Å²) in [5.41, 5.74) is 23.5. The van der Waals surface area contributed by atoms with Crippen molar-refractivity contribution in [2.75, 3.05) is 19.6 Å². The van der Waals surface area contributed by atoms with Crippen LogP contribution in [0.5, 0.6) is 0 Å². The second kappa shape index (κ2) is 36.1. The van der Waals surface area contributed by atoms with E-state index in [0.717, 1.165) is 25.7 Å². The molecule has 1 fully saturated rings. The molecule has 0 unspecified atom stereocenters. The lowest BCUT2D eigenvalue weighted by Crippen LogP contribution is -2.60. The van der Waals surface area contributed by atoms with Gasteiger partial charge in [-0.05, 0) is 68.8 Å². The van der Waals surface area contributed by atoms with Gasteiger partial charge in [0.15, 0.2) is 5.96 Å². The van der Waals surface area contributed by atoms with Crippen molar-refractivity contribution in [2.45, 2.75) is 200 Å². The Morgan fingerprint density at radius 3 is 1.84 bits per heavy atom. The number of carboxylic acids is 1. The first kappa shape index (κ1) is 69.7. The molecule has 454 valence electrons. The molecule has 26 heteroatoms. The first-order valence-electron chi connectivity index (χ1n) is 28.2. The Bertz CT molecular complexity index is 2300. The Morgan fingerprint density at radius 2 is 1.25 bits per heavy atom. The van der Waals surface area contributed by atoms with Gasteiger partial charge < -0.3 is 75.5 Å². The number of unbranched alkanes of at least 4 members (excludes halogenated alkanes) is 4. The molecule has 1 saturated heterocycles. The molecule has 1 aromatic rings. The molecule has 0 bridgehead atoms. The number of aliphatic imine (C=N–C) groups is 1. The fourth-order valence-electron chi connectivity index (χ4n) is 9.07. The summed E-state index contributed by atoms with van der Waals surface area (Å²) < 4.78 is 0. The lowest BCUT2D eigenvalue weighted by molar-refractivity contribution is -0.143. The molecular formula is C55H92N14O12. The van der Waals surface area contributed by atoms with Crippen LogP contribution in [0.2, 0.25) is 0 Å². The number of nitrogens with zero attached hydrogens (tertiary/aromatic N) is 2. The molecule has 0 spiro atoms. The highest BCUT2D eigenvalue weighted by molar-refractivity contribution is 5.99. The fourth-order valence-corrected chi connectivity index (χ4v) is 9.07. The highest BCUT2D eigenvalue weighted by Gasteiger charge is 2.43. The summed E-state index contributed by atoms with van der Waals surface area (Å²) in [4.78, 5) is 153. The Hall–Kier alpha value is -7.38. The highest BCUT2D eigenvalue weighted by Crippen LogP contribution is 2.21. The zero-order chi connectivity index (χ0) is 60.9. The third-order valence-corrected chi connectivity index (χ3v) is 13.6. The standard InChI is InChI=1S/C55H92N14O12/c1-9-11-12-13-17-22-43(70)62-34(8)48(75)65-39(26-35-19-15-14-16-20-35)49(76)61-29-44(71)63-41(25-32(5)6)54(81)69-30-36(56)27-42(69)53(80)67-38(24-31(3)4)51(78)66-40(28-45(72)73)52(79)64-37(21-18-23-60-55(58)59)50(77)68-46(47(57)74)33(7)10-2/h14-16,19-20,31-34,36-42,46H,9-13,17-18,21-30,56H2,1-8H3,(H2,57,74)(H,61,76)(H,62,70)(H,63,71)(H,64,79)(H,65,75)(H,66,78)(H,67,80)(H,68,77)(H,72,73)(H4,58,59,60)/t33-,34-,36+,37-,38-,39-,40-,41-,42-,46-/m0/s1. The number of guanidine groups is 1. The molecule has 26 nitrogen and oxygen atoms in total. The van der Waals surface area contributed by atoms with Crippen molar-refractivity contribution < 1.29 is 57.8 Å². The molecule has 1 aromatic carbocycles. The third-order valence-electron chi connectivity index (χ3n) is 13.6. The van der Waals surface area contributed by atoms with Crippen LogP contribution in [0.3, 0.4) is 0 Å². The van der Waals surface area contributed by atoms with Gasteiger partial charge in [-0.25, -0.2) is 0 Å². The minimum absolute atomic E-state index is 0.0197. The first-order chi connectivity index (χ1) is 38.2. The van der Waals surface area contributed by atoms with E-state index in [2.05, 4.69) is 54.5 Å². The number of hydrogen-bond acceptors (Lipinski definition) is 13. The summed E-state index contributed by atoms with van der Waals surface area (Å²) in [6.07, 6.45) is 4.61. The smallest absolute Gasteiger partial charge is 0.305 e. The lowest BCUT2D eigenvalue weighted by Gasteiger charge is -2.31. The van der Waals surface area contributed by atoms with Crippen molar-refractivity contribution in [3.63, 3.8) is 0 Å². The van der Waals surface area contributed by atoms with Crippen molar-refractivity contribution in [3.8, 4) is 0 Å². The zero-order valence-electron chi connectivity index (χ0n) is 48.5. The van der Waals surface area contributed by atoms with Gasteiger partial charge in [0.2, 0.25) is 59.1 Å². The predicted octanol–water partition coefficient (Wildman–Crippen LogP) is -0.801. The van der Waals surface area contributed by atoms with Gasteiger partial charge in [-0.15, -0.1) is 0 Å². The second-order valence-corrected chi connectivity index (χ2v) is 21.8. The summed E-state index contributed by atoms with van der Waals surface area (Å²) in [6, 6.07) is -2.12. The Labute approximate surface area is 475 Å². The van der Waals surface area contributed by atoms with Crippen LogP contribution in [0.4, 0.5) is 0 Å². The van der Waals surface area contributed by atoms with E-state index in [1.54, 1.807) is 58.0 Å².